The van der Waals surface area contributed by atoms with Crippen LogP contribution >= 0.6 is 0 Å². The molecule has 2 fully saturated rings. The van der Waals surface area contributed by atoms with Crippen molar-refractivity contribution in [2.45, 2.75) is 110 Å². The second kappa shape index (κ2) is 11.7. The third-order valence-electron chi connectivity index (χ3n) is 9.48. The maximum absolute atomic E-state index is 2.74. The first-order chi connectivity index (χ1) is 15.7. The lowest BCUT2D eigenvalue weighted by Gasteiger charge is -2.50. The molecule has 0 N–H and O–H groups in total. The standard InChI is InChI=1S/C32H48/c1-3-5-7-11-27-16-20-31(21-17-27)32(30-18-14-26(10-4-2)15-19-30)24-22-29(23-25-32)28-12-8-6-9-13-28/h6,8-9,12-13,22-24,26-27,30-31H,3-5,7,10-11,14-21,25H2,1-2H3. The summed E-state index contributed by atoms with van der Waals surface area (Å²) in [7, 11) is 0. The van der Waals surface area contributed by atoms with Gasteiger partial charge in [-0.3, -0.25) is 0 Å². The highest BCUT2D eigenvalue weighted by atomic mass is 14.5. The lowest BCUT2D eigenvalue weighted by Crippen LogP contribution is -2.41. The lowest BCUT2D eigenvalue weighted by molar-refractivity contribution is 0.0475. The van der Waals surface area contributed by atoms with Crippen molar-refractivity contribution in [2.75, 3.05) is 0 Å². The fraction of sp³-hybridized carbons (Fsp3) is 0.688. The predicted molar refractivity (Wildman–Crippen MR) is 141 cm³/mol. The fourth-order valence-corrected chi connectivity index (χ4v) is 7.52. The molecular weight excluding hydrogens is 384 g/mol. The molecule has 1 atom stereocenters. The van der Waals surface area contributed by atoms with E-state index < -0.39 is 0 Å². The molecule has 1 aromatic carbocycles. The molecular formula is C32H48. The van der Waals surface area contributed by atoms with Gasteiger partial charge in [-0.1, -0.05) is 127 Å². The quantitative estimate of drug-likeness (QED) is 0.340. The molecule has 2 saturated carbocycles. The SMILES string of the molecule is CCCCCC1CCC(C2(C3CCC(CCC)CC3)C=CC(c3ccccc3)=CC2)CC1. The summed E-state index contributed by atoms with van der Waals surface area (Å²) in [5.74, 6) is 3.83. The number of hydrogen-bond donors (Lipinski definition) is 0. The van der Waals surface area contributed by atoms with Crippen molar-refractivity contribution in [1.29, 1.82) is 0 Å². The molecule has 1 unspecified atom stereocenters. The van der Waals surface area contributed by atoms with Crippen LogP contribution in [0, 0.1) is 29.1 Å². The Morgan fingerprint density at radius 2 is 1.34 bits per heavy atom. The summed E-state index contributed by atoms with van der Waals surface area (Å²) in [6.45, 7) is 4.70. The Balaban J connectivity index is 1.46. The van der Waals surface area contributed by atoms with Gasteiger partial charge in [0.2, 0.25) is 0 Å². The zero-order chi connectivity index (χ0) is 22.2. The van der Waals surface area contributed by atoms with Crippen LogP contribution in [0.1, 0.15) is 116 Å². The van der Waals surface area contributed by atoms with Crippen LogP contribution in [-0.2, 0) is 0 Å². The minimum Gasteiger partial charge on any atom is -0.0768 e. The molecule has 32 heavy (non-hydrogen) atoms. The average molecular weight is 433 g/mol. The van der Waals surface area contributed by atoms with Crippen molar-refractivity contribution < 1.29 is 0 Å². The van der Waals surface area contributed by atoms with E-state index in [2.05, 4.69) is 62.4 Å². The number of rotatable bonds is 9. The second-order valence-corrected chi connectivity index (χ2v) is 11.4. The van der Waals surface area contributed by atoms with Gasteiger partial charge in [-0.25, -0.2) is 0 Å². The zero-order valence-electron chi connectivity index (χ0n) is 21.0. The number of allylic oxidation sites excluding steroid dienone is 4. The van der Waals surface area contributed by atoms with Gasteiger partial charge < -0.3 is 0 Å². The summed E-state index contributed by atoms with van der Waals surface area (Å²) in [4.78, 5) is 0. The summed E-state index contributed by atoms with van der Waals surface area (Å²) >= 11 is 0. The molecule has 0 bridgehead atoms. The number of hydrogen-bond acceptors (Lipinski definition) is 0. The molecule has 0 radical (unpaired) electrons. The average Bonchev–Trinajstić information content (AvgIpc) is 2.86. The van der Waals surface area contributed by atoms with Crippen LogP contribution in [0.3, 0.4) is 0 Å². The van der Waals surface area contributed by atoms with E-state index >= 15 is 0 Å². The van der Waals surface area contributed by atoms with E-state index in [-0.39, 0.29) is 0 Å². The van der Waals surface area contributed by atoms with Gasteiger partial charge >= 0.3 is 0 Å². The van der Waals surface area contributed by atoms with Gasteiger partial charge in [0.25, 0.3) is 0 Å². The minimum absolute atomic E-state index is 0.434. The molecule has 0 amide bonds. The number of benzene rings is 1. The fourth-order valence-electron chi connectivity index (χ4n) is 7.52. The maximum Gasteiger partial charge on any atom is -0.00237 e. The van der Waals surface area contributed by atoms with Gasteiger partial charge in [-0.2, -0.15) is 0 Å². The molecule has 176 valence electrons. The van der Waals surface area contributed by atoms with Crippen LogP contribution in [0.25, 0.3) is 5.57 Å². The molecule has 0 saturated heterocycles. The Morgan fingerprint density at radius 1 is 0.719 bits per heavy atom. The molecule has 0 heterocycles. The van der Waals surface area contributed by atoms with Crippen LogP contribution in [-0.4, -0.2) is 0 Å². The molecule has 0 aliphatic heterocycles. The molecule has 4 rings (SSSR count). The largest absolute Gasteiger partial charge is 0.0768 e. The van der Waals surface area contributed by atoms with Crippen molar-refractivity contribution in [3.8, 4) is 0 Å². The van der Waals surface area contributed by atoms with Crippen LogP contribution in [0.15, 0.2) is 48.6 Å². The van der Waals surface area contributed by atoms with Crippen molar-refractivity contribution in [3.63, 3.8) is 0 Å². The summed E-state index contributed by atoms with van der Waals surface area (Å²) in [5.41, 5.74) is 3.28. The Hall–Kier alpha value is -1.30. The zero-order valence-corrected chi connectivity index (χ0v) is 21.0. The summed E-state index contributed by atoms with van der Waals surface area (Å²) in [6, 6.07) is 11.1. The predicted octanol–water partition coefficient (Wildman–Crippen LogP) is 10.0. The highest BCUT2D eigenvalue weighted by Crippen LogP contribution is 2.55. The molecule has 0 aromatic heterocycles. The topological polar surface area (TPSA) is 0 Å². The van der Waals surface area contributed by atoms with E-state index in [1.165, 1.54) is 107 Å². The first kappa shape index (κ1) is 23.8. The van der Waals surface area contributed by atoms with Gasteiger partial charge in [-0.15, -0.1) is 0 Å². The van der Waals surface area contributed by atoms with Crippen molar-refractivity contribution in [2.24, 2.45) is 29.1 Å². The van der Waals surface area contributed by atoms with Crippen LogP contribution in [0.4, 0.5) is 0 Å². The van der Waals surface area contributed by atoms with E-state index in [0.717, 1.165) is 23.7 Å². The van der Waals surface area contributed by atoms with Crippen LogP contribution in [0.2, 0.25) is 0 Å². The van der Waals surface area contributed by atoms with Gasteiger partial charge in [0, 0.05) is 0 Å². The van der Waals surface area contributed by atoms with Gasteiger partial charge in [0.15, 0.2) is 0 Å². The van der Waals surface area contributed by atoms with Gasteiger partial charge in [-0.05, 0) is 72.3 Å². The van der Waals surface area contributed by atoms with Crippen molar-refractivity contribution in [1.82, 2.24) is 0 Å². The van der Waals surface area contributed by atoms with Gasteiger partial charge in [0.05, 0.1) is 0 Å². The number of unbranched alkanes of at least 4 members (excludes halogenated alkanes) is 2. The Labute approximate surface area is 199 Å². The Kier molecular flexibility index (Phi) is 8.73. The highest BCUT2D eigenvalue weighted by Gasteiger charge is 2.45. The third kappa shape index (κ3) is 5.60. The second-order valence-electron chi connectivity index (χ2n) is 11.4. The molecule has 0 heteroatoms. The molecule has 1 aromatic rings. The van der Waals surface area contributed by atoms with Crippen molar-refractivity contribution in [3.05, 3.63) is 54.1 Å². The van der Waals surface area contributed by atoms with Crippen molar-refractivity contribution >= 4 is 5.57 Å². The normalized spacial score (nSPS) is 33.1. The summed E-state index contributed by atoms with van der Waals surface area (Å²) < 4.78 is 0. The van der Waals surface area contributed by atoms with E-state index in [0.29, 0.717) is 5.41 Å². The van der Waals surface area contributed by atoms with E-state index in [1.807, 2.05) is 0 Å². The molecule has 3 aliphatic carbocycles. The smallest absolute Gasteiger partial charge is 0.00237 e. The summed E-state index contributed by atoms with van der Waals surface area (Å²) in [5, 5.41) is 0. The van der Waals surface area contributed by atoms with Crippen LogP contribution < -0.4 is 0 Å². The minimum atomic E-state index is 0.434. The molecule has 3 aliphatic rings. The van der Waals surface area contributed by atoms with E-state index in [1.54, 1.807) is 0 Å². The Morgan fingerprint density at radius 3 is 1.88 bits per heavy atom. The lowest BCUT2D eigenvalue weighted by atomic mass is 9.54. The van der Waals surface area contributed by atoms with E-state index in [9.17, 15) is 0 Å². The van der Waals surface area contributed by atoms with Gasteiger partial charge in [0.1, 0.15) is 0 Å². The monoisotopic (exact) mass is 432 g/mol. The Bertz CT molecular complexity index is 725. The third-order valence-corrected chi connectivity index (χ3v) is 9.48. The first-order valence-electron chi connectivity index (χ1n) is 14.2. The maximum atomic E-state index is 2.74. The molecule has 0 spiro atoms. The summed E-state index contributed by atoms with van der Waals surface area (Å²) in [6.07, 6.45) is 29.6. The van der Waals surface area contributed by atoms with E-state index in [4.69, 9.17) is 0 Å². The highest BCUT2D eigenvalue weighted by molar-refractivity contribution is 5.75. The first-order valence-corrected chi connectivity index (χ1v) is 14.2. The molecule has 0 nitrogen and oxygen atoms in total. The van der Waals surface area contributed by atoms with Crippen LogP contribution in [0.5, 0.6) is 0 Å².